The van der Waals surface area contributed by atoms with Crippen molar-refractivity contribution in [1.29, 1.82) is 0 Å². The van der Waals surface area contributed by atoms with E-state index in [4.69, 9.17) is 0 Å². The molecule has 1 aliphatic heterocycles. The highest BCUT2D eigenvalue weighted by Crippen LogP contribution is 2.17. The number of nitrogens with one attached hydrogen (secondary N) is 1. The van der Waals surface area contributed by atoms with E-state index in [-0.39, 0.29) is 12.4 Å². The summed E-state index contributed by atoms with van der Waals surface area (Å²) in [6, 6.07) is -1.13. The number of alkyl halides is 2. The third kappa shape index (κ3) is 2.56. The van der Waals surface area contributed by atoms with Gasteiger partial charge in [0.2, 0.25) is 0 Å². The van der Waals surface area contributed by atoms with E-state index < -0.39 is 24.5 Å². The standard InChI is InChI=1S/C11H14F2N4O2/c1-2-3-7-9(18)17(11(19)15-7)6-8-14-4-5-16(8)10(12)13/h4-5,7,10H,2-3,6H2,1H3,(H,15,19). The number of imide groups is 1. The second-order valence-corrected chi connectivity index (χ2v) is 4.24. The lowest BCUT2D eigenvalue weighted by Crippen LogP contribution is -2.32. The van der Waals surface area contributed by atoms with Crippen LogP contribution in [0.4, 0.5) is 13.6 Å². The Morgan fingerprint density at radius 2 is 2.21 bits per heavy atom. The summed E-state index contributed by atoms with van der Waals surface area (Å²) in [5.41, 5.74) is 0. The van der Waals surface area contributed by atoms with Crippen molar-refractivity contribution in [2.45, 2.75) is 38.9 Å². The maximum Gasteiger partial charge on any atom is 0.325 e. The first kappa shape index (κ1) is 13.4. The van der Waals surface area contributed by atoms with Crippen LogP contribution in [0.2, 0.25) is 0 Å². The molecule has 1 aromatic rings. The molecule has 0 saturated carbocycles. The molecule has 0 aromatic carbocycles. The first-order valence-corrected chi connectivity index (χ1v) is 5.96. The molecule has 0 radical (unpaired) electrons. The van der Waals surface area contributed by atoms with Crippen LogP contribution < -0.4 is 5.32 Å². The van der Waals surface area contributed by atoms with Gasteiger partial charge < -0.3 is 5.32 Å². The highest BCUT2D eigenvalue weighted by molar-refractivity contribution is 6.04. The number of nitrogens with zero attached hydrogens (tertiary/aromatic N) is 3. The Morgan fingerprint density at radius 3 is 2.84 bits per heavy atom. The summed E-state index contributed by atoms with van der Waals surface area (Å²) in [5.74, 6) is -0.411. The molecular formula is C11H14F2N4O2. The molecule has 8 heteroatoms. The van der Waals surface area contributed by atoms with Crippen LogP contribution in [-0.2, 0) is 11.3 Å². The summed E-state index contributed by atoms with van der Waals surface area (Å²) < 4.78 is 25.9. The Kier molecular flexibility index (Phi) is 3.77. The summed E-state index contributed by atoms with van der Waals surface area (Å²) in [6.07, 6.45) is 3.60. The molecule has 19 heavy (non-hydrogen) atoms. The Balaban J connectivity index is 2.12. The monoisotopic (exact) mass is 272 g/mol. The van der Waals surface area contributed by atoms with E-state index in [0.717, 1.165) is 17.5 Å². The Bertz CT molecular complexity index is 489. The van der Waals surface area contributed by atoms with E-state index in [2.05, 4.69) is 10.3 Å². The minimum Gasteiger partial charge on any atom is -0.326 e. The maximum absolute atomic E-state index is 12.6. The van der Waals surface area contributed by atoms with Crippen LogP contribution in [0, 0.1) is 0 Å². The third-order valence-electron chi connectivity index (χ3n) is 2.94. The number of rotatable bonds is 5. The van der Waals surface area contributed by atoms with Crippen molar-refractivity contribution in [2.75, 3.05) is 0 Å². The smallest absolute Gasteiger partial charge is 0.325 e. The van der Waals surface area contributed by atoms with Crippen LogP contribution in [0.15, 0.2) is 12.4 Å². The summed E-state index contributed by atoms with van der Waals surface area (Å²) in [5, 5.41) is 2.53. The molecule has 1 saturated heterocycles. The van der Waals surface area contributed by atoms with Crippen molar-refractivity contribution in [3.8, 4) is 0 Å². The van der Waals surface area contributed by atoms with E-state index in [1.54, 1.807) is 0 Å². The van der Waals surface area contributed by atoms with Crippen LogP contribution in [0.1, 0.15) is 32.1 Å². The first-order chi connectivity index (χ1) is 9.04. The normalized spacial score (nSPS) is 19.4. The molecule has 0 aliphatic carbocycles. The van der Waals surface area contributed by atoms with E-state index in [9.17, 15) is 18.4 Å². The van der Waals surface area contributed by atoms with Crippen LogP contribution in [0.25, 0.3) is 0 Å². The molecule has 6 nitrogen and oxygen atoms in total. The minimum atomic E-state index is -2.75. The average Bonchev–Trinajstić information content (AvgIpc) is 2.91. The Morgan fingerprint density at radius 1 is 1.47 bits per heavy atom. The summed E-state index contributed by atoms with van der Waals surface area (Å²) in [6.45, 7) is -1.10. The fourth-order valence-electron chi connectivity index (χ4n) is 2.00. The number of amides is 3. The first-order valence-electron chi connectivity index (χ1n) is 5.96. The van der Waals surface area contributed by atoms with Crippen molar-refractivity contribution < 1.29 is 18.4 Å². The second kappa shape index (κ2) is 5.33. The largest absolute Gasteiger partial charge is 0.326 e. The molecule has 2 heterocycles. The molecule has 0 spiro atoms. The predicted molar refractivity (Wildman–Crippen MR) is 61.3 cm³/mol. The van der Waals surface area contributed by atoms with Crippen molar-refractivity contribution >= 4 is 11.9 Å². The van der Waals surface area contributed by atoms with E-state index in [1.165, 1.54) is 6.20 Å². The predicted octanol–water partition coefficient (Wildman–Crippen LogP) is 1.50. The number of halogens is 2. The fraction of sp³-hybridized carbons (Fsp3) is 0.545. The van der Waals surface area contributed by atoms with Gasteiger partial charge in [0.25, 0.3) is 5.91 Å². The van der Waals surface area contributed by atoms with E-state index >= 15 is 0 Å². The molecule has 3 amide bonds. The molecule has 2 rings (SSSR count). The SMILES string of the molecule is CCCC1NC(=O)N(Cc2nccn2C(F)F)C1=O. The van der Waals surface area contributed by atoms with E-state index in [1.807, 2.05) is 6.92 Å². The molecule has 1 aromatic heterocycles. The van der Waals surface area contributed by atoms with Gasteiger partial charge in [-0.3, -0.25) is 14.3 Å². The zero-order chi connectivity index (χ0) is 14.0. The highest BCUT2D eigenvalue weighted by atomic mass is 19.3. The van der Waals surface area contributed by atoms with Gasteiger partial charge in [-0.1, -0.05) is 13.3 Å². The van der Waals surface area contributed by atoms with Crippen molar-refractivity contribution in [1.82, 2.24) is 19.8 Å². The van der Waals surface area contributed by atoms with Crippen molar-refractivity contribution in [3.63, 3.8) is 0 Å². The number of imidazole rings is 1. The van der Waals surface area contributed by atoms with Crippen molar-refractivity contribution in [3.05, 3.63) is 18.2 Å². The zero-order valence-corrected chi connectivity index (χ0v) is 10.3. The van der Waals surface area contributed by atoms with Crippen LogP contribution >= 0.6 is 0 Å². The number of hydrogen-bond acceptors (Lipinski definition) is 3. The molecular weight excluding hydrogens is 258 g/mol. The van der Waals surface area contributed by atoms with Crippen LogP contribution in [0.3, 0.4) is 0 Å². The Labute approximate surface area is 108 Å². The van der Waals surface area contributed by atoms with Gasteiger partial charge in [0, 0.05) is 12.4 Å². The van der Waals surface area contributed by atoms with Crippen molar-refractivity contribution in [2.24, 2.45) is 0 Å². The molecule has 1 atom stereocenters. The highest BCUT2D eigenvalue weighted by Gasteiger charge is 2.38. The summed E-state index contributed by atoms with van der Waals surface area (Å²) in [4.78, 5) is 28.2. The lowest BCUT2D eigenvalue weighted by Gasteiger charge is -2.13. The van der Waals surface area contributed by atoms with Crippen LogP contribution in [-0.4, -0.2) is 32.4 Å². The number of carbonyl (C=O) groups is 2. The van der Waals surface area contributed by atoms with Gasteiger partial charge in [-0.25, -0.2) is 9.78 Å². The molecule has 1 fully saturated rings. The number of urea groups is 1. The zero-order valence-electron chi connectivity index (χ0n) is 10.3. The van der Waals surface area contributed by atoms with Gasteiger partial charge in [0.1, 0.15) is 11.9 Å². The summed E-state index contributed by atoms with van der Waals surface area (Å²) >= 11 is 0. The minimum absolute atomic E-state index is 0.0179. The Hall–Kier alpha value is -1.99. The fourth-order valence-corrected chi connectivity index (χ4v) is 2.00. The number of aromatic nitrogens is 2. The third-order valence-corrected chi connectivity index (χ3v) is 2.94. The molecule has 1 aliphatic rings. The number of carbonyl (C=O) groups excluding carboxylic acids is 2. The molecule has 1 unspecified atom stereocenters. The maximum atomic E-state index is 12.6. The lowest BCUT2D eigenvalue weighted by atomic mass is 10.2. The number of hydrogen-bond donors (Lipinski definition) is 1. The van der Waals surface area contributed by atoms with Gasteiger partial charge >= 0.3 is 12.6 Å². The van der Waals surface area contributed by atoms with Gasteiger partial charge in [0.05, 0.1) is 6.54 Å². The van der Waals surface area contributed by atoms with Gasteiger partial charge in [-0.05, 0) is 6.42 Å². The van der Waals surface area contributed by atoms with Gasteiger partial charge in [-0.15, -0.1) is 0 Å². The van der Waals surface area contributed by atoms with Gasteiger partial charge in [0.15, 0.2) is 0 Å². The molecule has 0 bridgehead atoms. The average molecular weight is 272 g/mol. The van der Waals surface area contributed by atoms with Crippen LogP contribution in [0.5, 0.6) is 0 Å². The van der Waals surface area contributed by atoms with Gasteiger partial charge in [-0.2, -0.15) is 8.78 Å². The van der Waals surface area contributed by atoms with E-state index in [0.29, 0.717) is 11.0 Å². The topological polar surface area (TPSA) is 67.2 Å². The lowest BCUT2D eigenvalue weighted by molar-refractivity contribution is -0.128. The second-order valence-electron chi connectivity index (χ2n) is 4.24. The summed E-state index contributed by atoms with van der Waals surface area (Å²) in [7, 11) is 0. The quantitative estimate of drug-likeness (QED) is 0.826. The molecule has 1 N–H and O–H groups in total. The molecule has 104 valence electrons.